The van der Waals surface area contributed by atoms with E-state index < -0.39 is 0 Å². The topological polar surface area (TPSA) is 29.3 Å². The number of rotatable bonds is 5. The molecule has 1 atom stereocenters. The standard InChI is InChI=1S/C14H23ClN2/c1-11(12-7-5-6-8-13(12)15)17(4)10-14(2,3)9-16/h5-8,11H,9-10,16H2,1-4H3. The van der Waals surface area contributed by atoms with E-state index in [1.807, 2.05) is 18.2 Å². The molecule has 96 valence electrons. The Morgan fingerprint density at radius 1 is 1.35 bits per heavy atom. The molecule has 2 N–H and O–H groups in total. The highest BCUT2D eigenvalue weighted by Crippen LogP contribution is 2.28. The zero-order valence-electron chi connectivity index (χ0n) is 11.2. The lowest BCUT2D eigenvalue weighted by molar-refractivity contribution is 0.174. The SMILES string of the molecule is CC(c1ccccc1Cl)N(C)CC(C)(C)CN. The van der Waals surface area contributed by atoms with Gasteiger partial charge in [0.1, 0.15) is 0 Å². The summed E-state index contributed by atoms with van der Waals surface area (Å²) < 4.78 is 0. The summed E-state index contributed by atoms with van der Waals surface area (Å²) in [7, 11) is 2.12. The lowest BCUT2D eigenvalue weighted by Crippen LogP contribution is -2.37. The first kappa shape index (κ1) is 14.5. The molecule has 0 saturated heterocycles. The second-order valence-electron chi connectivity index (χ2n) is 5.48. The largest absolute Gasteiger partial charge is 0.330 e. The van der Waals surface area contributed by atoms with E-state index in [2.05, 4.69) is 38.8 Å². The van der Waals surface area contributed by atoms with Crippen molar-refractivity contribution in [3.05, 3.63) is 34.9 Å². The van der Waals surface area contributed by atoms with E-state index in [9.17, 15) is 0 Å². The number of nitrogens with two attached hydrogens (primary N) is 1. The Hall–Kier alpha value is -0.570. The molecule has 0 radical (unpaired) electrons. The Morgan fingerprint density at radius 2 is 1.94 bits per heavy atom. The molecule has 1 aromatic carbocycles. The van der Waals surface area contributed by atoms with Crippen molar-refractivity contribution in [2.24, 2.45) is 11.1 Å². The number of benzene rings is 1. The van der Waals surface area contributed by atoms with E-state index in [-0.39, 0.29) is 5.41 Å². The van der Waals surface area contributed by atoms with E-state index >= 15 is 0 Å². The fourth-order valence-corrected chi connectivity index (χ4v) is 2.22. The van der Waals surface area contributed by atoms with Crippen molar-refractivity contribution >= 4 is 11.6 Å². The van der Waals surface area contributed by atoms with Gasteiger partial charge in [0.25, 0.3) is 0 Å². The molecular formula is C14H23ClN2. The van der Waals surface area contributed by atoms with Crippen LogP contribution in [0, 0.1) is 5.41 Å². The first-order valence-electron chi connectivity index (χ1n) is 6.02. The lowest BCUT2D eigenvalue weighted by atomic mass is 9.92. The number of nitrogens with zero attached hydrogens (tertiary/aromatic N) is 1. The van der Waals surface area contributed by atoms with E-state index in [0.717, 1.165) is 11.6 Å². The summed E-state index contributed by atoms with van der Waals surface area (Å²) >= 11 is 6.22. The normalized spacial score (nSPS) is 14.1. The van der Waals surface area contributed by atoms with Crippen LogP contribution in [0.15, 0.2) is 24.3 Å². The van der Waals surface area contributed by atoms with Gasteiger partial charge in [-0.1, -0.05) is 43.6 Å². The van der Waals surface area contributed by atoms with Crippen molar-refractivity contribution in [2.75, 3.05) is 20.1 Å². The quantitative estimate of drug-likeness (QED) is 0.874. The summed E-state index contributed by atoms with van der Waals surface area (Å²) in [5.74, 6) is 0. The molecule has 0 aliphatic carbocycles. The minimum Gasteiger partial charge on any atom is -0.330 e. The second-order valence-corrected chi connectivity index (χ2v) is 5.89. The molecule has 0 bridgehead atoms. The summed E-state index contributed by atoms with van der Waals surface area (Å²) in [5, 5.41) is 0.831. The van der Waals surface area contributed by atoms with E-state index in [1.54, 1.807) is 0 Å². The highest BCUT2D eigenvalue weighted by Gasteiger charge is 2.22. The Balaban J connectivity index is 2.77. The van der Waals surface area contributed by atoms with E-state index in [4.69, 9.17) is 17.3 Å². The van der Waals surface area contributed by atoms with Crippen LogP contribution in [0.25, 0.3) is 0 Å². The van der Waals surface area contributed by atoms with Crippen LogP contribution in [0.5, 0.6) is 0 Å². The molecular weight excluding hydrogens is 232 g/mol. The first-order chi connectivity index (χ1) is 7.87. The summed E-state index contributed by atoms with van der Waals surface area (Å²) in [6, 6.07) is 8.31. The molecule has 0 heterocycles. The summed E-state index contributed by atoms with van der Waals surface area (Å²) in [4.78, 5) is 2.30. The van der Waals surface area contributed by atoms with Crippen molar-refractivity contribution in [3.8, 4) is 0 Å². The molecule has 0 spiro atoms. The van der Waals surface area contributed by atoms with Crippen LogP contribution in [0.3, 0.4) is 0 Å². The molecule has 0 aliphatic heterocycles. The van der Waals surface area contributed by atoms with Crippen LogP contribution in [0.4, 0.5) is 0 Å². The minimum absolute atomic E-state index is 0.129. The third kappa shape index (κ3) is 3.98. The van der Waals surface area contributed by atoms with Gasteiger partial charge in [0, 0.05) is 17.6 Å². The maximum atomic E-state index is 6.22. The Bertz CT molecular complexity index is 363. The molecule has 1 unspecified atom stereocenters. The Morgan fingerprint density at radius 3 is 2.47 bits per heavy atom. The van der Waals surface area contributed by atoms with Crippen molar-refractivity contribution < 1.29 is 0 Å². The molecule has 0 aliphatic rings. The van der Waals surface area contributed by atoms with Crippen LogP contribution in [0.1, 0.15) is 32.4 Å². The molecule has 1 rings (SSSR count). The van der Waals surface area contributed by atoms with Crippen LogP contribution in [-0.4, -0.2) is 25.0 Å². The van der Waals surface area contributed by atoms with E-state index in [1.165, 1.54) is 5.56 Å². The van der Waals surface area contributed by atoms with Gasteiger partial charge in [-0.2, -0.15) is 0 Å². The summed E-state index contributed by atoms with van der Waals surface area (Å²) in [6.07, 6.45) is 0. The predicted octanol–water partition coefficient (Wildman–Crippen LogP) is 3.32. The van der Waals surface area contributed by atoms with Gasteiger partial charge in [-0.15, -0.1) is 0 Å². The molecule has 2 nitrogen and oxygen atoms in total. The van der Waals surface area contributed by atoms with Crippen molar-refractivity contribution in [1.29, 1.82) is 0 Å². The average Bonchev–Trinajstić information content (AvgIpc) is 2.28. The molecule has 0 aromatic heterocycles. The predicted molar refractivity (Wildman–Crippen MR) is 75.3 cm³/mol. The zero-order valence-corrected chi connectivity index (χ0v) is 12.0. The summed E-state index contributed by atoms with van der Waals surface area (Å²) in [6.45, 7) is 8.18. The van der Waals surface area contributed by atoms with Crippen molar-refractivity contribution in [3.63, 3.8) is 0 Å². The second kappa shape index (κ2) is 5.85. The molecule has 0 saturated carbocycles. The third-order valence-electron chi connectivity index (χ3n) is 3.25. The van der Waals surface area contributed by atoms with Gasteiger partial charge in [-0.05, 0) is 37.6 Å². The van der Waals surface area contributed by atoms with Gasteiger partial charge in [0.2, 0.25) is 0 Å². The highest BCUT2D eigenvalue weighted by molar-refractivity contribution is 6.31. The van der Waals surface area contributed by atoms with Gasteiger partial charge in [-0.3, -0.25) is 4.90 Å². The molecule has 1 aromatic rings. The van der Waals surface area contributed by atoms with E-state index in [0.29, 0.717) is 12.6 Å². The smallest absolute Gasteiger partial charge is 0.0453 e. The van der Waals surface area contributed by atoms with Crippen LogP contribution < -0.4 is 5.73 Å². The zero-order chi connectivity index (χ0) is 13.1. The Kier molecular flexibility index (Phi) is 4.99. The number of hydrogen-bond acceptors (Lipinski definition) is 2. The fraction of sp³-hybridized carbons (Fsp3) is 0.571. The number of halogens is 1. The fourth-order valence-electron chi connectivity index (χ4n) is 1.93. The van der Waals surface area contributed by atoms with Crippen LogP contribution in [-0.2, 0) is 0 Å². The number of hydrogen-bond donors (Lipinski definition) is 1. The maximum absolute atomic E-state index is 6.22. The average molecular weight is 255 g/mol. The van der Waals surface area contributed by atoms with Crippen LogP contribution >= 0.6 is 11.6 Å². The monoisotopic (exact) mass is 254 g/mol. The summed E-state index contributed by atoms with van der Waals surface area (Å²) in [5.41, 5.74) is 7.07. The van der Waals surface area contributed by atoms with Crippen molar-refractivity contribution in [1.82, 2.24) is 4.90 Å². The molecule has 17 heavy (non-hydrogen) atoms. The van der Waals surface area contributed by atoms with Gasteiger partial charge >= 0.3 is 0 Å². The molecule has 3 heteroatoms. The van der Waals surface area contributed by atoms with Crippen molar-refractivity contribution in [2.45, 2.75) is 26.8 Å². The molecule has 0 amide bonds. The lowest BCUT2D eigenvalue weighted by Gasteiger charge is -2.33. The van der Waals surface area contributed by atoms with Crippen LogP contribution in [0.2, 0.25) is 5.02 Å². The Labute approximate surface area is 110 Å². The van der Waals surface area contributed by atoms with Gasteiger partial charge in [0.15, 0.2) is 0 Å². The molecule has 0 fully saturated rings. The highest BCUT2D eigenvalue weighted by atomic mass is 35.5. The van der Waals surface area contributed by atoms with Gasteiger partial charge < -0.3 is 5.73 Å². The van der Waals surface area contributed by atoms with Gasteiger partial charge in [0.05, 0.1) is 0 Å². The minimum atomic E-state index is 0.129. The first-order valence-corrected chi connectivity index (χ1v) is 6.40. The third-order valence-corrected chi connectivity index (χ3v) is 3.59. The maximum Gasteiger partial charge on any atom is 0.0453 e. The van der Waals surface area contributed by atoms with Gasteiger partial charge in [-0.25, -0.2) is 0 Å².